The topological polar surface area (TPSA) is 62.5 Å². The maximum atomic E-state index is 5.35. The van der Waals surface area contributed by atoms with Gasteiger partial charge in [0.25, 0.3) is 0 Å². The molecular weight excluding hydrogens is 240 g/mol. The number of nitrogens with zero attached hydrogens (tertiary/aromatic N) is 2. The smallest absolute Gasteiger partial charge is 0.191 e. The largest absolute Gasteiger partial charge is 0.359 e. The van der Waals surface area contributed by atoms with Crippen molar-refractivity contribution < 1.29 is 4.52 Å². The molecule has 0 aliphatic carbocycles. The SMILES string of the molecule is CCCNC(=NC)NCc1cc(C(CC)CC)no1. The van der Waals surface area contributed by atoms with E-state index < -0.39 is 0 Å². The van der Waals surface area contributed by atoms with Crippen LogP contribution in [0.3, 0.4) is 0 Å². The summed E-state index contributed by atoms with van der Waals surface area (Å²) in [5, 5.41) is 10.6. The molecule has 5 heteroatoms. The summed E-state index contributed by atoms with van der Waals surface area (Å²) in [7, 11) is 1.76. The average molecular weight is 266 g/mol. The van der Waals surface area contributed by atoms with Crippen LogP contribution in [0.4, 0.5) is 0 Å². The van der Waals surface area contributed by atoms with Crippen LogP contribution in [0, 0.1) is 0 Å². The molecule has 5 nitrogen and oxygen atoms in total. The molecule has 19 heavy (non-hydrogen) atoms. The van der Waals surface area contributed by atoms with Crippen molar-refractivity contribution in [1.29, 1.82) is 0 Å². The van der Waals surface area contributed by atoms with Crippen LogP contribution < -0.4 is 10.6 Å². The average Bonchev–Trinajstić information content (AvgIpc) is 2.89. The Labute approximate surface area is 115 Å². The van der Waals surface area contributed by atoms with Crippen molar-refractivity contribution in [3.05, 3.63) is 17.5 Å². The molecule has 0 aromatic carbocycles. The zero-order valence-electron chi connectivity index (χ0n) is 12.5. The van der Waals surface area contributed by atoms with E-state index in [0.29, 0.717) is 12.5 Å². The van der Waals surface area contributed by atoms with Gasteiger partial charge in [-0.25, -0.2) is 0 Å². The molecule has 0 saturated heterocycles. The minimum Gasteiger partial charge on any atom is -0.359 e. The van der Waals surface area contributed by atoms with Crippen LogP contribution in [-0.2, 0) is 6.54 Å². The Morgan fingerprint density at radius 3 is 2.63 bits per heavy atom. The van der Waals surface area contributed by atoms with Crippen LogP contribution in [-0.4, -0.2) is 24.7 Å². The molecule has 0 bridgehead atoms. The minimum absolute atomic E-state index is 0.495. The molecule has 1 aromatic rings. The highest BCUT2D eigenvalue weighted by Crippen LogP contribution is 2.22. The molecule has 0 spiro atoms. The number of rotatable bonds is 7. The molecule has 0 saturated carbocycles. The first-order valence-corrected chi connectivity index (χ1v) is 7.15. The Morgan fingerprint density at radius 1 is 1.32 bits per heavy atom. The summed E-state index contributed by atoms with van der Waals surface area (Å²) >= 11 is 0. The number of aliphatic imine (C=N–C) groups is 1. The van der Waals surface area contributed by atoms with E-state index >= 15 is 0 Å². The lowest BCUT2D eigenvalue weighted by Gasteiger charge is -2.09. The summed E-state index contributed by atoms with van der Waals surface area (Å²) in [5.41, 5.74) is 1.05. The lowest BCUT2D eigenvalue weighted by Crippen LogP contribution is -2.37. The van der Waals surface area contributed by atoms with E-state index in [1.165, 1.54) is 0 Å². The van der Waals surface area contributed by atoms with E-state index in [1.807, 2.05) is 6.07 Å². The summed E-state index contributed by atoms with van der Waals surface area (Å²) in [4.78, 5) is 4.15. The maximum Gasteiger partial charge on any atom is 0.191 e. The first-order chi connectivity index (χ1) is 9.24. The standard InChI is InChI=1S/C14H26N4O/c1-5-8-16-14(15-4)17-10-12-9-13(18-19-12)11(6-2)7-3/h9,11H,5-8,10H2,1-4H3,(H2,15,16,17). The van der Waals surface area contributed by atoms with Gasteiger partial charge in [-0.2, -0.15) is 0 Å². The van der Waals surface area contributed by atoms with Gasteiger partial charge >= 0.3 is 0 Å². The minimum atomic E-state index is 0.495. The number of guanidine groups is 1. The van der Waals surface area contributed by atoms with Crippen molar-refractivity contribution in [3.8, 4) is 0 Å². The van der Waals surface area contributed by atoms with E-state index in [0.717, 1.165) is 43.2 Å². The number of hydrogen-bond acceptors (Lipinski definition) is 3. The van der Waals surface area contributed by atoms with Gasteiger partial charge in [0.1, 0.15) is 0 Å². The fourth-order valence-corrected chi connectivity index (χ4v) is 1.95. The molecule has 2 N–H and O–H groups in total. The van der Waals surface area contributed by atoms with Crippen LogP contribution in [0.2, 0.25) is 0 Å². The second-order valence-electron chi connectivity index (χ2n) is 4.58. The molecule has 0 amide bonds. The predicted molar refractivity (Wildman–Crippen MR) is 78.3 cm³/mol. The van der Waals surface area contributed by atoms with E-state index in [4.69, 9.17) is 4.52 Å². The van der Waals surface area contributed by atoms with Gasteiger partial charge in [-0.3, -0.25) is 4.99 Å². The highest BCUT2D eigenvalue weighted by Gasteiger charge is 2.12. The van der Waals surface area contributed by atoms with Gasteiger partial charge in [-0.1, -0.05) is 25.9 Å². The fraction of sp³-hybridized carbons (Fsp3) is 0.714. The third-order valence-corrected chi connectivity index (χ3v) is 3.18. The van der Waals surface area contributed by atoms with Crippen LogP contribution in [0.1, 0.15) is 57.4 Å². The monoisotopic (exact) mass is 266 g/mol. The Bertz CT molecular complexity index is 383. The molecule has 1 aromatic heterocycles. The van der Waals surface area contributed by atoms with Crippen molar-refractivity contribution in [2.24, 2.45) is 4.99 Å². The van der Waals surface area contributed by atoms with Crippen LogP contribution in [0.15, 0.2) is 15.6 Å². The molecule has 0 aliphatic rings. The third kappa shape index (κ3) is 4.93. The highest BCUT2D eigenvalue weighted by molar-refractivity contribution is 5.79. The lowest BCUT2D eigenvalue weighted by molar-refractivity contribution is 0.368. The van der Waals surface area contributed by atoms with Gasteiger partial charge in [0.15, 0.2) is 11.7 Å². The van der Waals surface area contributed by atoms with Crippen molar-refractivity contribution in [1.82, 2.24) is 15.8 Å². The predicted octanol–water partition coefficient (Wildman–Crippen LogP) is 2.65. The third-order valence-electron chi connectivity index (χ3n) is 3.18. The van der Waals surface area contributed by atoms with Crippen molar-refractivity contribution >= 4 is 5.96 Å². The molecule has 108 valence electrons. The summed E-state index contributed by atoms with van der Waals surface area (Å²) in [6.45, 7) is 8.00. The van der Waals surface area contributed by atoms with Gasteiger partial charge in [-0.05, 0) is 19.3 Å². The summed E-state index contributed by atoms with van der Waals surface area (Å²) in [6, 6.07) is 2.04. The van der Waals surface area contributed by atoms with E-state index in [1.54, 1.807) is 7.05 Å². The van der Waals surface area contributed by atoms with Crippen LogP contribution in [0.5, 0.6) is 0 Å². The zero-order valence-corrected chi connectivity index (χ0v) is 12.5. The van der Waals surface area contributed by atoms with Gasteiger partial charge in [0.05, 0.1) is 12.2 Å². The van der Waals surface area contributed by atoms with Crippen molar-refractivity contribution in [2.45, 2.75) is 52.5 Å². The number of aromatic nitrogens is 1. The van der Waals surface area contributed by atoms with Gasteiger partial charge in [-0.15, -0.1) is 0 Å². The van der Waals surface area contributed by atoms with E-state index in [2.05, 4.69) is 41.6 Å². The normalized spacial score (nSPS) is 11.9. The Morgan fingerprint density at radius 2 is 2.05 bits per heavy atom. The summed E-state index contributed by atoms with van der Waals surface area (Å²) < 4.78 is 5.35. The molecule has 0 fully saturated rings. The van der Waals surface area contributed by atoms with Gasteiger partial charge in [0, 0.05) is 25.6 Å². The quantitative estimate of drug-likeness (QED) is 0.588. The first kappa shape index (κ1) is 15.5. The Balaban J connectivity index is 2.49. The van der Waals surface area contributed by atoms with Gasteiger partial charge < -0.3 is 15.2 Å². The Hall–Kier alpha value is -1.52. The zero-order chi connectivity index (χ0) is 14.1. The summed E-state index contributed by atoms with van der Waals surface area (Å²) in [5.74, 6) is 2.14. The fourth-order valence-electron chi connectivity index (χ4n) is 1.95. The van der Waals surface area contributed by atoms with Gasteiger partial charge in [0.2, 0.25) is 0 Å². The van der Waals surface area contributed by atoms with E-state index in [9.17, 15) is 0 Å². The molecular formula is C14H26N4O. The van der Waals surface area contributed by atoms with Crippen LogP contribution in [0.25, 0.3) is 0 Å². The molecule has 0 atom stereocenters. The Kier molecular flexibility index (Phi) is 7.00. The van der Waals surface area contributed by atoms with Crippen LogP contribution >= 0.6 is 0 Å². The molecule has 1 rings (SSSR count). The maximum absolute atomic E-state index is 5.35. The number of hydrogen-bond donors (Lipinski definition) is 2. The lowest BCUT2D eigenvalue weighted by atomic mass is 9.99. The molecule has 0 aliphatic heterocycles. The molecule has 1 heterocycles. The second-order valence-corrected chi connectivity index (χ2v) is 4.58. The van der Waals surface area contributed by atoms with Crippen molar-refractivity contribution in [3.63, 3.8) is 0 Å². The molecule has 0 radical (unpaired) electrons. The highest BCUT2D eigenvalue weighted by atomic mass is 16.5. The first-order valence-electron chi connectivity index (χ1n) is 7.15. The number of nitrogens with one attached hydrogen (secondary N) is 2. The second kappa shape index (κ2) is 8.56. The van der Waals surface area contributed by atoms with E-state index in [-0.39, 0.29) is 0 Å². The molecule has 0 unspecified atom stereocenters. The van der Waals surface area contributed by atoms with Crippen molar-refractivity contribution in [2.75, 3.05) is 13.6 Å². The summed E-state index contributed by atoms with van der Waals surface area (Å²) in [6.07, 6.45) is 3.26.